The second kappa shape index (κ2) is 12.7. The van der Waals surface area contributed by atoms with E-state index in [9.17, 15) is 22.7 Å². The summed E-state index contributed by atoms with van der Waals surface area (Å²) in [6.45, 7) is 0.795. The maximum absolute atomic E-state index is 14.5. The van der Waals surface area contributed by atoms with Gasteiger partial charge in [-0.2, -0.15) is 15.6 Å². The molecule has 44 heavy (non-hydrogen) atoms. The van der Waals surface area contributed by atoms with Crippen LogP contribution in [-0.4, -0.2) is 50.0 Å². The molecule has 3 aromatic carbocycles. The third-order valence-corrected chi connectivity index (χ3v) is 11.5. The van der Waals surface area contributed by atoms with E-state index < -0.39 is 27.4 Å². The number of carboxylic acid groups (broad SMARTS) is 1. The number of hydrogen-bond donors (Lipinski definition) is 1. The highest BCUT2D eigenvalue weighted by Gasteiger charge is 2.41. The van der Waals surface area contributed by atoms with E-state index in [1.807, 2.05) is 47.2 Å². The summed E-state index contributed by atoms with van der Waals surface area (Å²) in [5, 5.41) is 13.7. The fourth-order valence-corrected chi connectivity index (χ4v) is 8.74. The maximum atomic E-state index is 14.5. The van der Waals surface area contributed by atoms with Crippen LogP contribution in [-0.2, 0) is 16.4 Å². The van der Waals surface area contributed by atoms with E-state index in [1.54, 1.807) is 30.5 Å². The van der Waals surface area contributed by atoms with Gasteiger partial charge in [-0.15, -0.1) is 0 Å². The molecule has 2 aliphatic rings. The molecule has 7 nitrogen and oxygen atoms in total. The number of anilines is 2. The van der Waals surface area contributed by atoms with Gasteiger partial charge in [0.1, 0.15) is 16.5 Å². The number of nitrogens with zero attached hydrogens (tertiary/aromatic N) is 2. The molecular formula is C34H35FN2O5S2. The predicted molar refractivity (Wildman–Crippen MR) is 171 cm³/mol. The monoisotopic (exact) mass is 634 g/mol. The molecule has 6 rings (SSSR count). The largest absolute Gasteiger partial charge is 0.493 e. The number of rotatable bonds is 8. The highest BCUT2D eigenvalue weighted by atomic mass is 32.2. The number of thiophene rings is 1. The number of aromatic carboxylic acids is 1. The van der Waals surface area contributed by atoms with Gasteiger partial charge in [0.05, 0.1) is 17.9 Å². The van der Waals surface area contributed by atoms with Gasteiger partial charge < -0.3 is 14.7 Å². The van der Waals surface area contributed by atoms with Crippen molar-refractivity contribution in [1.82, 2.24) is 4.31 Å². The molecule has 1 saturated carbocycles. The average Bonchev–Trinajstić information content (AvgIpc) is 3.53. The van der Waals surface area contributed by atoms with Crippen molar-refractivity contribution in [2.24, 2.45) is 5.92 Å². The van der Waals surface area contributed by atoms with E-state index >= 15 is 0 Å². The molecule has 2 heterocycles. The van der Waals surface area contributed by atoms with E-state index in [0.29, 0.717) is 42.1 Å². The summed E-state index contributed by atoms with van der Waals surface area (Å²) in [5.41, 5.74) is 2.73. The van der Waals surface area contributed by atoms with Crippen molar-refractivity contribution < 1.29 is 27.4 Å². The minimum Gasteiger partial charge on any atom is -0.493 e. The molecule has 1 atom stereocenters. The van der Waals surface area contributed by atoms with Gasteiger partial charge in [-0.3, -0.25) is 0 Å². The Morgan fingerprint density at radius 1 is 1.05 bits per heavy atom. The lowest BCUT2D eigenvalue weighted by Crippen LogP contribution is -2.46. The summed E-state index contributed by atoms with van der Waals surface area (Å²) >= 11 is 1.60. The zero-order valence-corrected chi connectivity index (χ0v) is 26.1. The van der Waals surface area contributed by atoms with E-state index in [0.717, 1.165) is 49.4 Å². The van der Waals surface area contributed by atoms with E-state index in [1.165, 1.54) is 16.4 Å². The van der Waals surface area contributed by atoms with E-state index in [2.05, 4.69) is 4.90 Å². The minimum atomic E-state index is -3.99. The number of fused-ring (bicyclic) bond motifs is 1. The van der Waals surface area contributed by atoms with Crippen molar-refractivity contribution in [2.45, 2.75) is 49.5 Å². The molecule has 4 aromatic rings. The number of likely N-dealkylation sites (N-methyl/N-ethyl adjacent to an activating group) is 1. The normalized spacial score (nSPS) is 18.9. The molecule has 0 amide bonds. The van der Waals surface area contributed by atoms with Gasteiger partial charge in [0.15, 0.2) is 0 Å². The Morgan fingerprint density at radius 2 is 1.82 bits per heavy atom. The summed E-state index contributed by atoms with van der Waals surface area (Å²) < 4.78 is 51.2. The number of benzene rings is 3. The van der Waals surface area contributed by atoms with Crippen LogP contribution in [0.3, 0.4) is 0 Å². The Morgan fingerprint density at radius 3 is 2.52 bits per heavy atom. The fourth-order valence-electron chi connectivity index (χ4n) is 6.43. The van der Waals surface area contributed by atoms with Crippen molar-refractivity contribution in [2.75, 3.05) is 25.1 Å². The van der Waals surface area contributed by atoms with Crippen LogP contribution in [0.5, 0.6) is 5.75 Å². The minimum absolute atomic E-state index is 0.101. The second-order valence-corrected chi connectivity index (χ2v) is 14.2. The summed E-state index contributed by atoms with van der Waals surface area (Å²) in [5.74, 6) is -1.65. The third kappa shape index (κ3) is 5.98. The van der Waals surface area contributed by atoms with Crippen LogP contribution in [0.4, 0.5) is 15.8 Å². The third-order valence-electron chi connectivity index (χ3n) is 8.84. The molecule has 1 aliphatic carbocycles. The first-order valence-electron chi connectivity index (χ1n) is 14.9. The van der Waals surface area contributed by atoms with Gasteiger partial charge in [-0.1, -0.05) is 43.5 Å². The quantitative estimate of drug-likeness (QED) is 0.215. The average molecular weight is 635 g/mol. The highest BCUT2D eigenvalue weighted by Crippen LogP contribution is 2.45. The number of carboxylic acids is 1. The number of ether oxygens (including phenoxy) is 1. The lowest BCUT2D eigenvalue weighted by atomic mass is 9.83. The first-order chi connectivity index (χ1) is 21.2. The molecule has 1 N–H and O–H groups in total. The molecule has 1 aromatic heterocycles. The van der Waals surface area contributed by atoms with Gasteiger partial charge in [0.2, 0.25) is 10.0 Å². The molecule has 10 heteroatoms. The molecule has 0 saturated heterocycles. The zero-order chi connectivity index (χ0) is 30.8. The van der Waals surface area contributed by atoms with Gasteiger partial charge in [-0.05, 0) is 77.0 Å². The maximum Gasteiger partial charge on any atom is 0.338 e. The van der Waals surface area contributed by atoms with Crippen molar-refractivity contribution in [3.05, 3.63) is 94.4 Å². The molecule has 230 valence electrons. The van der Waals surface area contributed by atoms with Crippen molar-refractivity contribution in [3.8, 4) is 16.9 Å². The predicted octanol–water partition coefficient (Wildman–Crippen LogP) is 7.60. The van der Waals surface area contributed by atoms with Crippen LogP contribution in [0.1, 0.15) is 48.0 Å². The van der Waals surface area contributed by atoms with Crippen LogP contribution < -0.4 is 9.64 Å². The lowest BCUT2D eigenvalue weighted by molar-refractivity contribution is 0.0692. The molecule has 1 fully saturated rings. The fraction of sp³-hybridized carbons (Fsp3) is 0.324. The van der Waals surface area contributed by atoms with Crippen LogP contribution in [0.2, 0.25) is 0 Å². The molecule has 0 spiro atoms. The second-order valence-electron chi connectivity index (χ2n) is 11.5. The van der Waals surface area contributed by atoms with Crippen LogP contribution in [0.15, 0.2) is 82.4 Å². The van der Waals surface area contributed by atoms with Gasteiger partial charge in [0.25, 0.3) is 0 Å². The SMILES string of the molecule is CN1[C@H](C2CCCCC2)CN(c2ccccc2)c2cc(OCCc3ccsc3)c(-c3ccc(F)c(C(=O)O)c3)cc2S1(=O)=O. The number of carbonyl (C=O) groups is 1. The Kier molecular flexibility index (Phi) is 8.75. The van der Waals surface area contributed by atoms with Gasteiger partial charge in [-0.25, -0.2) is 17.6 Å². The van der Waals surface area contributed by atoms with E-state index in [4.69, 9.17) is 4.74 Å². The summed E-state index contributed by atoms with van der Waals surface area (Å²) in [6.07, 6.45) is 5.90. The molecule has 1 aliphatic heterocycles. The van der Waals surface area contributed by atoms with E-state index in [-0.39, 0.29) is 16.9 Å². The standard InChI is InChI=1S/C34H35FN2O5S2/c1-36-31(24-8-4-2-5-9-24)21-37(26-10-6-3-7-11-26)30-20-32(42-16-14-23-15-17-43-22-23)27(19-33(30)44(36,40)41)25-12-13-29(35)28(18-25)34(38)39/h3,6-7,10-13,15,17-20,22,24,31H,2,4-5,8-9,14,16,21H2,1H3,(H,38,39)/t31-/m0/s1. The number of sulfonamides is 1. The number of hydrogen-bond acceptors (Lipinski definition) is 6. The Hall–Kier alpha value is -3.73. The van der Waals surface area contributed by atoms with Crippen LogP contribution in [0, 0.1) is 11.7 Å². The Bertz CT molecular complexity index is 1740. The zero-order valence-electron chi connectivity index (χ0n) is 24.5. The van der Waals surface area contributed by atoms with Gasteiger partial charge >= 0.3 is 5.97 Å². The van der Waals surface area contributed by atoms with Crippen molar-refractivity contribution in [3.63, 3.8) is 0 Å². The molecular weight excluding hydrogens is 600 g/mol. The Labute approximate surface area is 261 Å². The molecule has 0 unspecified atom stereocenters. The number of para-hydroxylation sites is 1. The summed E-state index contributed by atoms with van der Waals surface area (Å²) in [7, 11) is -2.32. The molecule has 0 radical (unpaired) electrons. The topological polar surface area (TPSA) is 87.2 Å². The first kappa shape index (κ1) is 30.3. The summed E-state index contributed by atoms with van der Waals surface area (Å²) in [6, 6.07) is 18.6. The first-order valence-corrected chi connectivity index (χ1v) is 17.3. The van der Waals surface area contributed by atoms with Crippen LogP contribution >= 0.6 is 11.3 Å². The van der Waals surface area contributed by atoms with Crippen LogP contribution in [0.25, 0.3) is 11.1 Å². The van der Waals surface area contributed by atoms with Crippen molar-refractivity contribution in [1.29, 1.82) is 0 Å². The smallest absolute Gasteiger partial charge is 0.338 e. The molecule has 0 bridgehead atoms. The van der Waals surface area contributed by atoms with Crippen molar-refractivity contribution >= 4 is 38.7 Å². The number of halogens is 1. The lowest BCUT2D eigenvalue weighted by Gasteiger charge is -2.36. The highest BCUT2D eigenvalue weighted by molar-refractivity contribution is 7.89. The summed E-state index contributed by atoms with van der Waals surface area (Å²) in [4.78, 5) is 14.0. The van der Waals surface area contributed by atoms with Gasteiger partial charge in [0, 0.05) is 43.4 Å². The Balaban J connectivity index is 1.53.